The van der Waals surface area contributed by atoms with Crippen LogP contribution in [0.4, 0.5) is 5.69 Å². The minimum atomic E-state index is -0.604. The first kappa shape index (κ1) is 19.2. The number of rotatable bonds is 8. The number of carbonyl (C=O) groups is 1. The van der Waals surface area contributed by atoms with E-state index < -0.39 is 10.7 Å². The summed E-state index contributed by atoms with van der Waals surface area (Å²) in [6.45, 7) is 0.657. The van der Waals surface area contributed by atoms with E-state index in [9.17, 15) is 19.7 Å². The molecule has 146 valence electrons. The van der Waals surface area contributed by atoms with Gasteiger partial charge in [-0.3, -0.25) is 19.5 Å². The van der Waals surface area contributed by atoms with Crippen LogP contribution < -0.4 is 15.8 Å². The lowest BCUT2D eigenvalue weighted by molar-refractivity contribution is -0.384. The third-order valence-electron chi connectivity index (χ3n) is 4.27. The second-order valence-corrected chi connectivity index (χ2v) is 6.16. The molecule has 1 heterocycles. The number of nitro benzene ring substituents is 1. The molecule has 0 fully saturated rings. The molecule has 1 N–H and O–H groups in total. The lowest BCUT2D eigenvalue weighted by Crippen LogP contribution is -2.23. The molecule has 1 aromatic heterocycles. The van der Waals surface area contributed by atoms with Crippen molar-refractivity contribution in [2.45, 2.75) is 25.9 Å². The Morgan fingerprint density at radius 2 is 2.11 bits per heavy atom. The molecular weight excluding hydrogens is 366 g/mol. The third kappa shape index (κ3) is 4.37. The number of nitrogens with one attached hydrogen (secondary N) is 1. The number of non-ortho nitro benzene ring substituents is 1. The standard InChI is InChI=1S/C19H19N3O6/c1-27-15-5-2-4-13(10-15)12-20-18(23)6-3-9-21-16-8-7-14(22(25)26)11-17(16)28-19(21)24/h2,4-5,7-8,10-11H,3,6,9,12H2,1H3,(H,20,23). The van der Waals surface area contributed by atoms with Crippen molar-refractivity contribution in [3.8, 4) is 5.75 Å². The first-order valence-corrected chi connectivity index (χ1v) is 8.65. The summed E-state index contributed by atoms with van der Waals surface area (Å²) in [4.78, 5) is 34.3. The van der Waals surface area contributed by atoms with E-state index in [0.29, 0.717) is 18.5 Å². The summed E-state index contributed by atoms with van der Waals surface area (Å²) in [5.41, 5.74) is 1.39. The normalized spacial score (nSPS) is 10.8. The Labute approximate surface area is 159 Å². The van der Waals surface area contributed by atoms with E-state index in [1.165, 1.54) is 22.8 Å². The van der Waals surface area contributed by atoms with E-state index in [-0.39, 0.29) is 30.1 Å². The highest BCUT2D eigenvalue weighted by Crippen LogP contribution is 2.20. The van der Waals surface area contributed by atoms with Crippen molar-refractivity contribution in [1.29, 1.82) is 0 Å². The number of ether oxygens (including phenoxy) is 1. The van der Waals surface area contributed by atoms with E-state index in [2.05, 4.69) is 5.32 Å². The monoisotopic (exact) mass is 385 g/mol. The van der Waals surface area contributed by atoms with Crippen LogP contribution in [0.5, 0.6) is 5.75 Å². The smallest absolute Gasteiger partial charge is 0.419 e. The fourth-order valence-corrected chi connectivity index (χ4v) is 2.85. The Morgan fingerprint density at radius 1 is 1.29 bits per heavy atom. The largest absolute Gasteiger partial charge is 0.497 e. The van der Waals surface area contributed by atoms with E-state index in [1.807, 2.05) is 24.3 Å². The number of amides is 1. The van der Waals surface area contributed by atoms with Crippen LogP contribution in [0, 0.1) is 10.1 Å². The quantitative estimate of drug-likeness (QED) is 0.471. The maximum atomic E-state index is 12.0. The lowest BCUT2D eigenvalue weighted by atomic mass is 10.2. The van der Waals surface area contributed by atoms with Gasteiger partial charge in [-0.25, -0.2) is 4.79 Å². The van der Waals surface area contributed by atoms with Crippen molar-refractivity contribution in [3.05, 3.63) is 68.7 Å². The fraction of sp³-hybridized carbons (Fsp3) is 0.263. The SMILES string of the molecule is COc1cccc(CNC(=O)CCCn2c(=O)oc3cc([N+](=O)[O-])ccc32)c1. The van der Waals surface area contributed by atoms with Crippen LogP contribution in [0.25, 0.3) is 11.1 Å². The molecule has 0 saturated carbocycles. The van der Waals surface area contributed by atoms with Gasteiger partial charge < -0.3 is 14.5 Å². The summed E-state index contributed by atoms with van der Waals surface area (Å²) in [5.74, 6) is -0.0233. The minimum absolute atomic E-state index is 0.140. The second kappa shape index (κ2) is 8.38. The predicted octanol–water partition coefficient (Wildman–Crippen LogP) is 2.61. The van der Waals surface area contributed by atoms with E-state index in [0.717, 1.165) is 11.3 Å². The highest BCUT2D eigenvalue weighted by molar-refractivity contribution is 5.76. The minimum Gasteiger partial charge on any atom is -0.497 e. The average molecular weight is 385 g/mol. The van der Waals surface area contributed by atoms with Crippen molar-refractivity contribution in [2.24, 2.45) is 0 Å². The molecule has 0 aliphatic rings. The predicted molar refractivity (Wildman–Crippen MR) is 101 cm³/mol. The zero-order valence-corrected chi connectivity index (χ0v) is 15.2. The topological polar surface area (TPSA) is 117 Å². The Bertz CT molecular complexity index is 1070. The lowest BCUT2D eigenvalue weighted by Gasteiger charge is -2.07. The summed E-state index contributed by atoms with van der Waals surface area (Å²) in [5, 5.41) is 13.6. The van der Waals surface area contributed by atoms with Gasteiger partial charge in [0.15, 0.2) is 5.58 Å². The van der Waals surface area contributed by atoms with Crippen molar-refractivity contribution in [2.75, 3.05) is 7.11 Å². The van der Waals surface area contributed by atoms with Gasteiger partial charge in [0.1, 0.15) is 5.75 Å². The molecule has 0 aliphatic carbocycles. The summed E-state index contributed by atoms with van der Waals surface area (Å²) in [6.07, 6.45) is 0.658. The fourth-order valence-electron chi connectivity index (χ4n) is 2.85. The highest BCUT2D eigenvalue weighted by atomic mass is 16.6. The number of aryl methyl sites for hydroxylation is 1. The summed E-state index contributed by atoms with van der Waals surface area (Å²) in [6, 6.07) is 11.4. The number of hydrogen-bond donors (Lipinski definition) is 1. The first-order chi connectivity index (χ1) is 13.5. The number of oxazole rings is 1. The number of fused-ring (bicyclic) bond motifs is 1. The molecule has 0 aliphatic heterocycles. The number of methoxy groups -OCH3 is 1. The zero-order chi connectivity index (χ0) is 20.1. The van der Waals surface area contributed by atoms with Gasteiger partial charge in [-0.2, -0.15) is 0 Å². The van der Waals surface area contributed by atoms with Crippen LogP contribution in [0.15, 0.2) is 51.7 Å². The van der Waals surface area contributed by atoms with Crippen LogP contribution >= 0.6 is 0 Å². The molecule has 0 atom stereocenters. The molecular formula is C19H19N3O6. The number of carbonyl (C=O) groups excluding carboxylic acids is 1. The molecule has 9 heteroatoms. The summed E-state index contributed by atoms with van der Waals surface area (Å²) >= 11 is 0. The van der Waals surface area contributed by atoms with Crippen molar-refractivity contribution in [3.63, 3.8) is 0 Å². The van der Waals surface area contributed by atoms with Crippen LogP contribution in [-0.2, 0) is 17.9 Å². The van der Waals surface area contributed by atoms with E-state index in [1.54, 1.807) is 7.11 Å². The maximum absolute atomic E-state index is 12.0. The molecule has 3 aromatic rings. The zero-order valence-electron chi connectivity index (χ0n) is 15.2. The van der Waals surface area contributed by atoms with Crippen LogP contribution in [0.1, 0.15) is 18.4 Å². The first-order valence-electron chi connectivity index (χ1n) is 8.65. The molecule has 0 unspecified atom stereocenters. The molecule has 28 heavy (non-hydrogen) atoms. The van der Waals surface area contributed by atoms with Gasteiger partial charge in [-0.15, -0.1) is 0 Å². The van der Waals surface area contributed by atoms with Crippen molar-refractivity contribution < 1.29 is 18.9 Å². The average Bonchev–Trinajstić information content (AvgIpc) is 3.01. The Kier molecular flexibility index (Phi) is 5.73. The third-order valence-corrected chi connectivity index (χ3v) is 4.27. The van der Waals surface area contributed by atoms with Gasteiger partial charge >= 0.3 is 5.76 Å². The van der Waals surface area contributed by atoms with E-state index in [4.69, 9.17) is 9.15 Å². The van der Waals surface area contributed by atoms with Gasteiger partial charge in [0.25, 0.3) is 5.69 Å². The molecule has 9 nitrogen and oxygen atoms in total. The maximum Gasteiger partial charge on any atom is 0.419 e. The van der Waals surface area contributed by atoms with Gasteiger partial charge in [-0.1, -0.05) is 12.1 Å². The molecule has 0 bridgehead atoms. The number of hydrogen-bond acceptors (Lipinski definition) is 6. The Hall–Kier alpha value is -3.62. The molecule has 3 rings (SSSR count). The summed E-state index contributed by atoms with van der Waals surface area (Å²) < 4.78 is 11.6. The Morgan fingerprint density at radius 3 is 2.86 bits per heavy atom. The molecule has 1 amide bonds. The summed E-state index contributed by atoms with van der Waals surface area (Å²) in [7, 11) is 1.58. The van der Waals surface area contributed by atoms with E-state index >= 15 is 0 Å². The number of nitrogens with zero attached hydrogens (tertiary/aromatic N) is 2. The Balaban J connectivity index is 1.55. The molecule has 0 spiro atoms. The molecule has 2 aromatic carbocycles. The van der Waals surface area contributed by atoms with Gasteiger partial charge in [0, 0.05) is 25.6 Å². The second-order valence-electron chi connectivity index (χ2n) is 6.16. The highest BCUT2D eigenvalue weighted by Gasteiger charge is 2.14. The van der Waals surface area contributed by atoms with Crippen LogP contribution in [-0.4, -0.2) is 22.5 Å². The van der Waals surface area contributed by atoms with Crippen LogP contribution in [0.2, 0.25) is 0 Å². The molecule has 0 saturated heterocycles. The van der Waals surface area contributed by atoms with Gasteiger partial charge in [-0.05, 0) is 30.2 Å². The molecule has 0 radical (unpaired) electrons. The van der Waals surface area contributed by atoms with Gasteiger partial charge in [0.05, 0.1) is 23.6 Å². The number of aromatic nitrogens is 1. The number of benzene rings is 2. The number of nitro groups is 1. The van der Waals surface area contributed by atoms with Gasteiger partial charge in [0.2, 0.25) is 5.91 Å². The van der Waals surface area contributed by atoms with Crippen molar-refractivity contribution >= 4 is 22.7 Å². The van der Waals surface area contributed by atoms with Crippen molar-refractivity contribution in [1.82, 2.24) is 9.88 Å². The van der Waals surface area contributed by atoms with Crippen LogP contribution in [0.3, 0.4) is 0 Å².